The molecular weight excluding hydrogens is 372 g/mol. The number of rotatable bonds is 4. The summed E-state index contributed by atoms with van der Waals surface area (Å²) in [6, 6.07) is 23.3. The molecule has 30 heavy (non-hydrogen) atoms. The number of phenolic OH excluding ortho intramolecular Hbond substituents is 1. The van der Waals surface area contributed by atoms with Gasteiger partial charge in [-0.25, -0.2) is 0 Å². The van der Waals surface area contributed by atoms with Crippen LogP contribution >= 0.6 is 0 Å². The monoisotopic (exact) mass is 398 g/mol. The third-order valence-corrected chi connectivity index (χ3v) is 5.60. The number of Topliss-reactive ketones (excluding diaryl/α,β-unsaturated/α-hetero) is 1. The standard InChI is InChI=1S/C26H26N2O2/c1-26(2)14-13-23(24(29)17-26)28-27-20-15-21(18-9-5-3-6-10-18)25(30)22(16-20)19-11-7-4-8-12-19/h3-12,15-16,27,30H,13-14,17H2,1-2H3/b28-23-. The van der Waals surface area contributed by atoms with Gasteiger partial charge in [0.05, 0.1) is 5.69 Å². The molecule has 1 fully saturated rings. The van der Waals surface area contributed by atoms with Gasteiger partial charge in [-0.1, -0.05) is 74.5 Å². The zero-order valence-electron chi connectivity index (χ0n) is 17.4. The molecule has 3 aromatic rings. The average molecular weight is 399 g/mol. The van der Waals surface area contributed by atoms with Crippen LogP contribution in [0.15, 0.2) is 77.9 Å². The van der Waals surface area contributed by atoms with Crippen molar-refractivity contribution in [2.45, 2.75) is 33.1 Å². The van der Waals surface area contributed by atoms with Crippen molar-refractivity contribution in [1.82, 2.24) is 0 Å². The third kappa shape index (κ3) is 4.28. The molecule has 0 atom stereocenters. The number of carbonyl (C=O) groups is 1. The minimum absolute atomic E-state index is 0.0373. The maximum atomic E-state index is 12.5. The number of hydrogen-bond donors (Lipinski definition) is 2. The molecule has 0 aromatic heterocycles. The molecule has 0 aliphatic heterocycles. The molecule has 0 spiro atoms. The van der Waals surface area contributed by atoms with E-state index in [4.69, 9.17) is 0 Å². The number of hydrazone groups is 1. The van der Waals surface area contributed by atoms with E-state index < -0.39 is 0 Å². The molecule has 4 heteroatoms. The quantitative estimate of drug-likeness (QED) is 0.402. The Balaban J connectivity index is 1.73. The number of aromatic hydroxyl groups is 1. The Morgan fingerprint density at radius 3 is 1.93 bits per heavy atom. The lowest BCUT2D eigenvalue weighted by Crippen LogP contribution is -2.30. The number of benzene rings is 3. The zero-order valence-corrected chi connectivity index (χ0v) is 17.4. The summed E-state index contributed by atoms with van der Waals surface area (Å²) in [4.78, 5) is 12.5. The average Bonchev–Trinajstić information content (AvgIpc) is 2.74. The van der Waals surface area contributed by atoms with E-state index in [2.05, 4.69) is 24.4 Å². The summed E-state index contributed by atoms with van der Waals surface area (Å²) < 4.78 is 0. The van der Waals surface area contributed by atoms with Gasteiger partial charge < -0.3 is 5.11 Å². The third-order valence-electron chi connectivity index (χ3n) is 5.60. The fourth-order valence-electron chi connectivity index (χ4n) is 3.85. The Morgan fingerprint density at radius 2 is 1.43 bits per heavy atom. The summed E-state index contributed by atoms with van der Waals surface area (Å²) in [7, 11) is 0. The van der Waals surface area contributed by atoms with Crippen molar-refractivity contribution in [3.63, 3.8) is 0 Å². The van der Waals surface area contributed by atoms with Crippen LogP contribution in [0.1, 0.15) is 33.1 Å². The highest BCUT2D eigenvalue weighted by Crippen LogP contribution is 2.41. The minimum atomic E-state index is 0.0373. The van der Waals surface area contributed by atoms with E-state index in [1.807, 2.05) is 72.8 Å². The SMILES string of the molecule is CC1(C)CC/C(=N/Nc2cc(-c3ccccc3)c(O)c(-c3ccccc3)c2)C(=O)C1. The van der Waals surface area contributed by atoms with Crippen molar-refractivity contribution in [1.29, 1.82) is 0 Å². The summed E-state index contributed by atoms with van der Waals surface area (Å²) in [6.45, 7) is 4.24. The molecular formula is C26H26N2O2. The van der Waals surface area contributed by atoms with Crippen LogP contribution in [-0.2, 0) is 4.79 Å². The number of anilines is 1. The summed E-state index contributed by atoms with van der Waals surface area (Å²) in [5, 5.41) is 15.5. The number of ketones is 1. The van der Waals surface area contributed by atoms with Gasteiger partial charge >= 0.3 is 0 Å². The highest BCUT2D eigenvalue weighted by molar-refractivity contribution is 6.40. The molecule has 152 valence electrons. The zero-order chi connectivity index (χ0) is 21.1. The smallest absolute Gasteiger partial charge is 0.179 e. The second-order valence-electron chi connectivity index (χ2n) is 8.59. The molecule has 0 radical (unpaired) electrons. The van der Waals surface area contributed by atoms with Crippen LogP contribution in [0.4, 0.5) is 5.69 Å². The van der Waals surface area contributed by atoms with Crippen LogP contribution in [0.3, 0.4) is 0 Å². The minimum Gasteiger partial charge on any atom is -0.507 e. The van der Waals surface area contributed by atoms with Crippen molar-refractivity contribution in [2.24, 2.45) is 10.5 Å². The largest absolute Gasteiger partial charge is 0.507 e. The van der Waals surface area contributed by atoms with E-state index in [-0.39, 0.29) is 16.9 Å². The first-order valence-corrected chi connectivity index (χ1v) is 10.3. The number of nitrogens with one attached hydrogen (secondary N) is 1. The molecule has 0 amide bonds. The molecule has 0 saturated heterocycles. The molecule has 1 saturated carbocycles. The molecule has 4 rings (SSSR count). The predicted octanol–water partition coefficient (Wildman–Crippen LogP) is 6.27. The van der Waals surface area contributed by atoms with E-state index >= 15 is 0 Å². The Hall–Kier alpha value is -3.40. The molecule has 0 bridgehead atoms. The van der Waals surface area contributed by atoms with Crippen LogP contribution in [0, 0.1) is 5.41 Å². The maximum Gasteiger partial charge on any atom is 0.179 e. The topological polar surface area (TPSA) is 61.7 Å². The van der Waals surface area contributed by atoms with Gasteiger partial charge in [-0.15, -0.1) is 0 Å². The molecule has 0 unspecified atom stereocenters. The van der Waals surface area contributed by atoms with Gasteiger partial charge in [0.1, 0.15) is 11.5 Å². The molecule has 0 heterocycles. The fourth-order valence-corrected chi connectivity index (χ4v) is 3.85. The fraction of sp³-hybridized carbons (Fsp3) is 0.231. The number of nitrogens with zero attached hydrogens (tertiary/aromatic N) is 1. The van der Waals surface area contributed by atoms with E-state index in [0.717, 1.165) is 34.4 Å². The van der Waals surface area contributed by atoms with Gasteiger partial charge in [-0.2, -0.15) is 5.10 Å². The van der Waals surface area contributed by atoms with Crippen molar-refractivity contribution >= 4 is 17.2 Å². The number of phenols is 1. The van der Waals surface area contributed by atoms with Crippen LogP contribution in [-0.4, -0.2) is 16.6 Å². The lowest BCUT2D eigenvalue weighted by atomic mass is 9.76. The molecule has 4 nitrogen and oxygen atoms in total. The van der Waals surface area contributed by atoms with Crippen molar-refractivity contribution in [3.8, 4) is 28.0 Å². The van der Waals surface area contributed by atoms with E-state index in [0.29, 0.717) is 18.6 Å². The van der Waals surface area contributed by atoms with Gasteiger partial charge in [0, 0.05) is 17.5 Å². The Morgan fingerprint density at radius 1 is 0.900 bits per heavy atom. The molecule has 1 aliphatic rings. The molecule has 1 aliphatic carbocycles. The molecule has 2 N–H and O–H groups in total. The van der Waals surface area contributed by atoms with Crippen LogP contribution in [0.2, 0.25) is 0 Å². The second-order valence-corrected chi connectivity index (χ2v) is 8.59. The predicted molar refractivity (Wildman–Crippen MR) is 123 cm³/mol. The maximum absolute atomic E-state index is 12.5. The van der Waals surface area contributed by atoms with Gasteiger partial charge in [0.25, 0.3) is 0 Å². The lowest BCUT2D eigenvalue weighted by molar-refractivity contribution is -0.115. The van der Waals surface area contributed by atoms with Crippen molar-refractivity contribution < 1.29 is 9.90 Å². The van der Waals surface area contributed by atoms with Crippen LogP contribution < -0.4 is 5.43 Å². The van der Waals surface area contributed by atoms with Crippen molar-refractivity contribution in [3.05, 3.63) is 72.8 Å². The van der Waals surface area contributed by atoms with Gasteiger partial charge in [-0.3, -0.25) is 10.2 Å². The Kier molecular flexibility index (Phi) is 5.40. The van der Waals surface area contributed by atoms with E-state index in [1.54, 1.807) is 0 Å². The number of hydrogen-bond acceptors (Lipinski definition) is 4. The Bertz CT molecular complexity index is 1030. The van der Waals surface area contributed by atoms with Gasteiger partial charge in [0.15, 0.2) is 5.78 Å². The summed E-state index contributed by atoms with van der Waals surface area (Å²) in [5.41, 5.74) is 7.70. The van der Waals surface area contributed by atoms with Crippen molar-refractivity contribution in [2.75, 3.05) is 5.43 Å². The first kappa shape index (κ1) is 19.9. The summed E-state index contributed by atoms with van der Waals surface area (Å²) >= 11 is 0. The first-order chi connectivity index (χ1) is 14.4. The normalized spacial score (nSPS) is 17.1. The Labute approximate surface area is 177 Å². The van der Waals surface area contributed by atoms with E-state index in [1.165, 1.54) is 0 Å². The van der Waals surface area contributed by atoms with Crippen LogP contribution in [0.5, 0.6) is 5.75 Å². The summed E-state index contributed by atoms with van der Waals surface area (Å²) in [6.07, 6.45) is 2.14. The van der Waals surface area contributed by atoms with Crippen LogP contribution in [0.25, 0.3) is 22.3 Å². The summed E-state index contributed by atoms with van der Waals surface area (Å²) in [5.74, 6) is 0.324. The lowest BCUT2D eigenvalue weighted by Gasteiger charge is -2.28. The van der Waals surface area contributed by atoms with Gasteiger partial charge in [0.2, 0.25) is 0 Å². The second kappa shape index (κ2) is 8.15. The van der Waals surface area contributed by atoms with E-state index in [9.17, 15) is 9.90 Å². The first-order valence-electron chi connectivity index (χ1n) is 10.3. The highest BCUT2D eigenvalue weighted by atomic mass is 16.3. The highest BCUT2D eigenvalue weighted by Gasteiger charge is 2.30. The van der Waals surface area contributed by atoms with Gasteiger partial charge in [-0.05, 0) is 41.5 Å². The molecule has 3 aromatic carbocycles. The number of carbonyl (C=O) groups excluding carboxylic acids is 1.